The van der Waals surface area contributed by atoms with Crippen LogP contribution < -0.4 is 10.1 Å². The number of anilines is 1. The van der Waals surface area contributed by atoms with Crippen molar-refractivity contribution in [3.8, 4) is 5.75 Å². The first kappa shape index (κ1) is 17.1. The maximum atomic E-state index is 12.1. The Kier molecular flexibility index (Phi) is 6.70. The van der Waals surface area contributed by atoms with Crippen LogP contribution in [0.25, 0.3) is 6.08 Å². The fraction of sp³-hybridized carbons (Fsp3) is 0.211. The molecule has 0 saturated carbocycles. The molecule has 1 N–H and O–H groups in total. The number of hydrogen-bond acceptors (Lipinski definition) is 2. The number of amides is 1. The number of ether oxygens (including phenoxy) is 1. The Labute approximate surface area is 141 Å². The molecule has 0 fully saturated rings. The number of rotatable bonds is 7. The lowest BCUT2D eigenvalue weighted by Crippen LogP contribution is -2.09. The number of benzene rings is 2. The molecule has 0 aliphatic carbocycles. The van der Waals surface area contributed by atoms with Gasteiger partial charge in [0.05, 0.1) is 12.3 Å². The van der Waals surface area contributed by atoms with Crippen molar-refractivity contribution in [2.75, 3.05) is 11.9 Å². The van der Waals surface area contributed by atoms with E-state index in [1.54, 1.807) is 12.1 Å². The van der Waals surface area contributed by atoms with Gasteiger partial charge >= 0.3 is 0 Å². The summed E-state index contributed by atoms with van der Waals surface area (Å²) in [5, 5.41) is 3.44. The third-order valence-electron chi connectivity index (χ3n) is 3.22. The lowest BCUT2D eigenvalue weighted by atomic mass is 10.2. The molecule has 0 spiro atoms. The summed E-state index contributed by atoms with van der Waals surface area (Å²) in [4.78, 5) is 12.1. The quantitative estimate of drug-likeness (QED) is 0.562. The molecule has 2 aromatic carbocycles. The Morgan fingerprint density at radius 3 is 2.70 bits per heavy atom. The number of unbranched alkanes of at least 4 members (excludes halogenated alkanes) is 1. The van der Waals surface area contributed by atoms with Gasteiger partial charge in [-0.25, -0.2) is 0 Å². The van der Waals surface area contributed by atoms with Crippen LogP contribution >= 0.6 is 11.6 Å². The first-order chi connectivity index (χ1) is 11.2. The summed E-state index contributed by atoms with van der Waals surface area (Å²) < 4.78 is 5.70. The second kappa shape index (κ2) is 9.01. The highest BCUT2D eigenvalue weighted by Gasteiger charge is 2.05. The number of carbonyl (C=O) groups is 1. The summed E-state index contributed by atoms with van der Waals surface area (Å²) in [6.07, 6.45) is 5.20. The van der Waals surface area contributed by atoms with Gasteiger partial charge in [-0.1, -0.05) is 55.3 Å². The molecule has 0 unspecified atom stereocenters. The number of nitrogens with one attached hydrogen (secondary N) is 1. The molecule has 0 aromatic heterocycles. The maximum absolute atomic E-state index is 12.1. The molecule has 120 valence electrons. The minimum atomic E-state index is -0.225. The molecule has 2 rings (SSSR count). The predicted molar refractivity (Wildman–Crippen MR) is 96.0 cm³/mol. The van der Waals surface area contributed by atoms with E-state index in [9.17, 15) is 4.79 Å². The summed E-state index contributed by atoms with van der Waals surface area (Å²) in [5.41, 5.74) is 1.47. The third kappa shape index (κ3) is 5.46. The van der Waals surface area contributed by atoms with Crippen molar-refractivity contribution in [2.45, 2.75) is 19.8 Å². The molecule has 0 saturated heterocycles. The Morgan fingerprint density at radius 2 is 1.91 bits per heavy atom. The van der Waals surface area contributed by atoms with Gasteiger partial charge in [-0.3, -0.25) is 4.79 Å². The summed E-state index contributed by atoms with van der Waals surface area (Å²) in [5.74, 6) is 0.455. The van der Waals surface area contributed by atoms with Crippen molar-refractivity contribution in [3.63, 3.8) is 0 Å². The van der Waals surface area contributed by atoms with Gasteiger partial charge in [0.25, 0.3) is 0 Å². The zero-order valence-electron chi connectivity index (χ0n) is 13.1. The van der Waals surface area contributed by atoms with Gasteiger partial charge < -0.3 is 10.1 Å². The fourth-order valence-electron chi connectivity index (χ4n) is 1.97. The van der Waals surface area contributed by atoms with E-state index in [2.05, 4.69) is 12.2 Å². The number of halogens is 1. The van der Waals surface area contributed by atoms with Gasteiger partial charge in [0.15, 0.2) is 0 Å². The van der Waals surface area contributed by atoms with Crippen LogP contribution in [-0.2, 0) is 4.79 Å². The van der Waals surface area contributed by atoms with E-state index in [1.165, 1.54) is 6.08 Å². The van der Waals surface area contributed by atoms with Crippen molar-refractivity contribution >= 4 is 29.3 Å². The zero-order valence-corrected chi connectivity index (χ0v) is 13.8. The van der Waals surface area contributed by atoms with Crippen molar-refractivity contribution in [2.24, 2.45) is 0 Å². The number of para-hydroxylation sites is 2. The van der Waals surface area contributed by atoms with Crippen molar-refractivity contribution in [1.82, 2.24) is 0 Å². The van der Waals surface area contributed by atoms with Crippen molar-refractivity contribution < 1.29 is 9.53 Å². The van der Waals surface area contributed by atoms with E-state index in [4.69, 9.17) is 16.3 Å². The van der Waals surface area contributed by atoms with Crippen molar-refractivity contribution in [3.05, 3.63) is 65.2 Å². The second-order valence-electron chi connectivity index (χ2n) is 5.04. The van der Waals surface area contributed by atoms with E-state index >= 15 is 0 Å². The van der Waals surface area contributed by atoms with Gasteiger partial charge in [-0.05, 0) is 36.3 Å². The normalized spacial score (nSPS) is 10.7. The fourth-order valence-corrected chi connectivity index (χ4v) is 2.17. The van der Waals surface area contributed by atoms with E-state index in [1.807, 2.05) is 42.5 Å². The summed E-state index contributed by atoms with van der Waals surface area (Å²) in [6, 6.07) is 14.8. The Morgan fingerprint density at radius 1 is 1.17 bits per heavy atom. The van der Waals surface area contributed by atoms with Gasteiger partial charge in [-0.2, -0.15) is 0 Å². The largest absolute Gasteiger partial charge is 0.491 e. The molecular formula is C19H20ClNO2. The molecule has 0 atom stereocenters. The van der Waals surface area contributed by atoms with Crippen LogP contribution in [-0.4, -0.2) is 12.5 Å². The number of carbonyl (C=O) groups excluding carboxylic acids is 1. The first-order valence-corrected chi connectivity index (χ1v) is 8.04. The lowest BCUT2D eigenvalue weighted by Gasteiger charge is -2.11. The summed E-state index contributed by atoms with van der Waals surface area (Å²) >= 11 is 6.06. The molecule has 0 bridgehead atoms. The Balaban J connectivity index is 2.01. The van der Waals surface area contributed by atoms with Crippen LogP contribution in [0, 0.1) is 0 Å². The minimum absolute atomic E-state index is 0.225. The van der Waals surface area contributed by atoms with E-state index < -0.39 is 0 Å². The molecule has 0 heterocycles. The molecule has 0 aliphatic heterocycles. The van der Waals surface area contributed by atoms with Crippen LogP contribution in [0.15, 0.2) is 54.6 Å². The van der Waals surface area contributed by atoms with Crippen LogP contribution in [0.2, 0.25) is 5.02 Å². The molecule has 4 heteroatoms. The van der Waals surface area contributed by atoms with Gasteiger partial charge in [-0.15, -0.1) is 0 Å². The summed E-state index contributed by atoms with van der Waals surface area (Å²) in [7, 11) is 0. The van der Waals surface area contributed by atoms with Crippen molar-refractivity contribution in [1.29, 1.82) is 0 Å². The monoisotopic (exact) mass is 329 g/mol. The SMILES string of the molecule is CCCCOc1ccccc1NC(=O)/C=C/c1ccccc1Cl. The Hall–Kier alpha value is -2.26. The Bertz CT molecular complexity index is 683. The molecule has 23 heavy (non-hydrogen) atoms. The van der Waals surface area contributed by atoms with Crippen LogP contribution in [0.5, 0.6) is 5.75 Å². The van der Waals surface area contributed by atoms with E-state index in [0.29, 0.717) is 23.1 Å². The number of hydrogen-bond donors (Lipinski definition) is 1. The van der Waals surface area contributed by atoms with Crippen LogP contribution in [0.4, 0.5) is 5.69 Å². The first-order valence-electron chi connectivity index (χ1n) is 7.66. The maximum Gasteiger partial charge on any atom is 0.248 e. The highest BCUT2D eigenvalue weighted by Crippen LogP contribution is 2.24. The lowest BCUT2D eigenvalue weighted by molar-refractivity contribution is -0.111. The molecule has 0 radical (unpaired) electrons. The molecular weight excluding hydrogens is 310 g/mol. The summed E-state index contributed by atoms with van der Waals surface area (Å²) in [6.45, 7) is 2.75. The molecule has 0 aliphatic rings. The van der Waals surface area contributed by atoms with Gasteiger partial charge in [0, 0.05) is 11.1 Å². The minimum Gasteiger partial charge on any atom is -0.491 e. The standard InChI is InChI=1S/C19H20ClNO2/c1-2-3-14-23-18-11-7-6-10-17(18)21-19(22)13-12-15-8-4-5-9-16(15)20/h4-13H,2-3,14H2,1H3,(H,21,22)/b13-12+. The highest BCUT2D eigenvalue weighted by molar-refractivity contribution is 6.32. The van der Waals surface area contributed by atoms with E-state index in [0.717, 1.165) is 18.4 Å². The molecule has 3 nitrogen and oxygen atoms in total. The van der Waals surface area contributed by atoms with Crippen LogP contribution in [0.3, 0.4) is 0 Å². The van der Waals surface area contributed by atoms with Gasteiger partial charge in [0.1, 0.15) is 5.75 Å². The zero-order chi connectivity index (χ0) is 16.5. The average Bonchev–Trinajstić information content (AvgIpc) is 2.56. The van der Waals surface area contributed by atoms with Crippen LogP contribution in [0.1, 0.15) is 25.3 Å². The average molecular weight is 330 g/mol. The third-order valence-corrected chi connectivity index (χ3v) is 3.56. The topological polar surface area (TPSA) is 38.3 Å². The highest BCUT2D eigenvalue weighted by atomic mass is 35.5. The van der Waals surface area contributed by atoms with Gasteiger partial charge in [0.2, 0.25) is 5.91 Å². The smallest absolute Gasteiger partial charge is 0.248 e. The van der Waals surface area contributed by atoms with E-state index in [-0.39, 0.29) is 5.91 Å². The molecule has 2 aromatic rings. The molecule has 1 amide bonds. The predicted octanol–water partition coefficient (Wildman–Crippen LogP) is 5.17. The second-order valence-corrected chi connectivity index (χ2v) is 5.45.